The van der Waals surface area contributed by atoms with Crippen LogP contribution in [0.3, 0.4) is 0 Å². The number of nitrogens with zero attached hydrogens (tertiary/aromatic N) is 1. The molecule has 0 saturated carbocycles. The second-order valence-electron chi connectivity index (χ2n) is 3.24. The van der Waals surface area contributed by atoms with Crippen LogP contribution in [-0.2, 0) is 0 Å². The fraction of sp³-hybridized carbons (Fsp3) is 0.250. The molecule has 1 aromatic carbocycles. The molecule has 0 radical (unpaired) electrons. The number of rotatable bonds is 4. The molecule has 2 nitrogen and oxygen atoms in total. The van der Waals surface area contributed by atoms with Crippen LogP contribution in [0.15, 0.2) is 35.5 Å². The maximum atomic E-state index is 5.68. The van der Waals surface area contributed by atoms with Crippen molar-refractivity contribution in [1.82, 2.24) is 4.98 Å². The van der Waals surface area contributed by atoms with E-state index in [9.17, 15) is 0 Å². The average molecular weight is 254 g/mol. The third-order valence-corrected chi connectivity index (χ3v) is 3.67. The standard InChI is InChI=1S/C12H12ClNOS/c1-15-10-2-3-11-9(8-10)4-6-14-12(11)16-7-5-13/h2-4,6,8H,5,7H2,1H3. The maximum absolute atomic E-state index is 5.68. The second kappa shape index (κ2) is 5.41. The lowest BCUT2D eigenvalue weighted by Crippen LogP contribution is -1.87. The van der Waals surface area contributed by atoms with Crippen molar-refractivity contribution in [3.63, 3.8) is 0 Å². The number of thioether (sulfide) groups is 1. The summed E-state index contributed by atoms with van der Waals surface area (Å²) < 4.78 is 5.19. The van der Waals surface area contributed by atoms with E-state index in [1.807, 2.05) is 30.5 Å². The molecule has 0 amide bonds. The van der Waals surface area contributed by atoms with Gasteiger partial charge in [-0.25, -0.2) is 4.98 Å². The second-order valence-corrected chi connectivity index (χ2v) is 4.70. The molecule has 2 rings (SSSR count). The molecular weight excluding hydrogens is 242 g/mol. The summed E-state index contributed by atoms with van der Waals surface area (Å²) in [5.41, 5.74) is 0. The van der Waals surface area contributed by atoms with Gasteiger partial charge >= 0.3 is 0 Å². The number of halogens is 1. The van der Waals surface area contributed by atoms with Crippen molar-refractivity contribution in [1.29, 1.82) is 0 Å². The van der Waals surface area contributed by atoms with E-state index >= 15 is 0 Å². The highest BCUT2D eigenvalue weighted by atomic mass is 35.5. The molecule has 16 heavy (non-hydrogen) atoms. The van der Waals surface area contributed by atoms with Crippen LogP contribution >= 0.6 is 23.4 Å². The van der Waals surface area contributed by atoms with E-state index < -0.39 is 0 Å². The Labute approximate surface area is 104 Å². The molecule has 0 aliphatic heterocycles. The van der Waals surface area contributed by atoms with Gasteiger partial charge in [0.25, 0.3) is 0 Å². The van der Waals surface area contributed by atoms with Crippen LogP contribution in [0.5, 0.6) is 5.75 Å². The maximum Gasteiger partial charge on any atom is 0.119 e. The zero-order valence-electron chi connectivity index (χ0n) is 8.94. The smallest absolute Gasteiger partial charge is 0.119 e. The number of fused-ring (bicyclic) bond motifs is 1. The van der Waals surface area contributed by atoms with Crippen molar-refractivity contribution < 1.29 is 4.74 Å². The van der Waals surface area contributed by atoms with Gasteiger partial charge in [0.05, 0.1) is 7.11 Å². The van der Waals surface area contributed by atoms with E-state index in [0.717, 1.165) is 27.3 Å². The third kappa shape index (κ3) is 2.42. The van der Waals surface area contributed by atoms with E-state index in [0.29, 0.717) is 5.88 Å². The minimum atomic E-state index is 0.638. The Morgan fingerprint density at radius 1 is 1.38 bits per heavy atom. The predicted molar refractivity (Wildman–Crippen MR) is 69.7 cm³/mol. The van der Waals surface area contributed by atoms with E-state index in [4.69, 9.17) is 16.3 Å². The Morgan fingerprint density at radius 2 is 2.25 bits per heavy atom. The van der Waals surface area contributed by atoms with Crippen molar-refractivity contribution in [2.45, 2.75) is 5.03 Å². The molecule has 0 fully saturated rings. The molecule has 0 aliphatic rings. The number of alkyl halides is 1. The quantitative estimate of drug-likeness (QED) is 0.614. The van der Waals surface area contributed by atoms with Crippen LogP contribution in [0, 0.1) is 0 Å². The van der Waals surface area contributed by atoms with Gasteiger partial charge < -0.3 is 4.74 Å². The summed E-state index contributed by atoms with van der Waals surface area (Å²) in [5.74, 6) is 2.38. The van der Waals surface area contributed by atoms with Crippen LogP contribution < -0.4 is 4.74 Å². The molecule has 0 spiro atoms. The van der Waals surface area contributed by atoms with E-state index in [1.165, 1.54) is 0 Å². The highest BCUT2D eigenvalue weighted by molar-refractivity contribution is 7.99. The molecule has 0 saturated heterocycles. The first-order valence-electron chi connectivity index (χ1n) is 4.96. The van der Waals surface area contributed by atoms with Gasteiger partial charge in [-0.3, -0.25) is 0 Å². The van der Waals surface area contributed by atoms with Crippen LogP contribution in [0.1, 0.15) is 0 Å². The van der Waals surface area contributed by atoms with Crippen LogP contribution in [0.25, 0.3) is 10.8 Å². The summed E-state index contributed by atoms with van der Waals surface area (Å²) in [4.78, 5) is 4.36. The Balaban J connectivity index is 2.43. The Morgan fingerprint density at radius 3 is 3.00 bits per heavy atom. The van der Waals surface area contributed by atoms with E-state index in [-0.39, 0.29) is 0 Å². The first kappa shape index (κ1) is 11.6. The normalized spacial score (nSPS) is 10.6. The molecular formula is C12H12ClNOS. The summed E-state index contributed by atoms with van der Waals surface area (Å²) in [7, 11) is 1.67. The van der Waals surface area contributed by atoms with Gasteiger partial charge in [0.1, 0.15) is 10.8 Å². The summed E-state index contributed by atoms with van der Waals surface area (Å²) in [6.07, 6.45) is 1.82. The van der Waals surface area contributed by atoms with Gasteiger partial charge in [0.2, 0.25) is 0 Å². The lowest BCUT2D eigenvalue weighted by Gasteiger charge is -2.06. The molecule has 0 aliphatic carbocycles. The molecule has 84 valence electrons. The Kier molecular flexibility index (Phi) is 3.91. The number of aromatic nitrogens is 1. The summed E-state index contributed by atoms with van der Waals surface area (Å²) in [6, 6.07) is 8.00. The molecule has 1 heterocycles. The minimum absolute atomic E-state index is 0.638. The van der Waals surface area contributed by atoms with Gasteiger partial charge in [0, 0.05) is 23.2 Å². The molecule has 0 bridgehead atoms. The Bertz CT molecular complexity index is 489. The van der Waals surface area contributed by atoms with Gasteiger partial charge in [-0.05, 0) is 29.7 Å². The Hall–Kier alpha value is -0.930. The number of ether oxygens (including phenoxy) is 1. The molecule has 0 atom stereocenters. The fourth-order valence-corrected chi connectivity index (χ4v) is 2.48. The van der Waals surface area contributed by atoms with Crippen molar-refractivity contribution in [2.24, 2.45) is 0 Å². The first-order valence-corrected chi connectivity index (χ1v) is 6.48. The zero-order chi connectivity index (χ0) is 11.4. The summed E-state index contributed by atoms with van der Waals surface area (Å²) in [6.45, 7) is 0. The zero-order valence-corrected chi connectivity index (χ0v) is 10.5. The molecule has 0 N–H and O–H groups in total. The largest absolute Gasteiger partial charge is 0.497 e. The summed E-state index contributed by atoms with van der Waals surface area (Å²) in [5, 5.41) is 3.32. The highest BCUT2D eigenvalue weighted by Gasteiger charge is 2.03. The monoisotopic (exact) mass is 253 g/mol. The lowest BCUT2D eigenvalue weighted by atomic mass is 10.2. The van der Waals surface area contributed by atoms with Crippen LogP contribution in [-0.4, -0.2) is 23.7 Å². The first-order chi connectivity index (χ1) is 7.85. The lowest BCUT2D eigenvalue weighted by molar-refractivity contribution is 0.415. The van der Waals surface area contributed by atoms with Crippen molar-refractivity contribution in [3.8, 4) is 5.75 Å². The van der Waals surface area contributed by atoms with Gasteiger partial charge in [-0.1, -0.05) is 0 Å². The number of hydrogen-bond donors (Lipinski definition) is 0. The van der Waals surface area contributed by atoms with Crippen LogP contribution in [0.4, 0.5) is 0 Å². The van der Waals surface area contributed by atoms with Crippen molar-refractivity contribution >= 4 is 34.1 Å². The predicted octanol–water partition coefficient (Wildman–Crippen LogP) is 3.57. The van der Waals surface area contributed by atoms with Gasteiger partial charge in [0.15, 0.2) is 0 Å². The summed E-state index contributed by atoms with van der Waals surface area (Å²) >= 11 is 7.36. The van der Waals surface area contributed by atoms with Gasteiger partial charge in [-0.15, -0.1) is 23.4 Å². The highest BCUT2D eigenvalue weighted by Crippen LogP contribution is 2.28. The minimum Gasteiger partial charge on any atom is -0.497 e. The molecule has 2 aromatic rings. The average Bonchev–Trinajstić information content (AvgIpc) is 2.35. The van der Waals surface area contributed by atoms with Crippen molar-refractivity contribution in [3.05, 3.63) is 30.5 Å². The van der Waals surface area contributed by atoms with Crippen molar-refractivity contribution in [2.75, 3.05) is 18.7 Å². The third-order valence-electron chi connectivity index (χ3n) is 2.25. The molecule has 1 aromatic heterocycles. The van der Waals surface area contributed by atoms with Gasteiger partial charge in [-0.2, -0.15) is 0 Å². The number of methoxy groups -OCH3 is 1. The van der Waals surface area contributed by atoms with E-state index in [1.54, 1.807) is 18.9 Å². The van der Waals surface area contributed by atoms with Crippen LogP contribution in [0.2, 0.25) is 0 Å². The fourth-order valence-electron chi connectivity index (χ4n) is 1.51. The molecule has 4 heteroatoms. The van der Waals surface area contributed by atoms with E-state index in [2.05, 4.69) is 4.98 Å². The topological polar surface area (TPSA) is 22.1 Å². The number of hydrogen-bond acceptors (Lipinski definition) is 3. The SMILES string of the molecule is COc1ccc2c(SCCCl)nccc2c1. The number of benzene rings is 1. The number of pyridine rings is 1. The molecule has 0 unspecified atom stereocenters.